The first-order chi connectivity index (χ1) is 5.33. The van der Waals surface area contributed by atoms with E-state index < -0.39 is 0 Å². The summed E-state index contributed by atoms with van der Waals surface area (Å²) in [4.78, 5) is 2.22. The van der Waals surface area contributed by atoms with Gasteiger partial charge in [-0.25, -0.2) is 5.43 Å². The number of halogens is 1. The number of hydrazine groups is 1. The Morgan fingerprint density at radius 3 is 2.73 bits per heavy atom. The fourth-order valence-electron chi connectivity index (χ4n) is 1.06. The van der Waals surface area contributed by atoms with E-state index in [4.69, 9.17) is 22.2 Å². The third-order valence-electron chi connectivity index (χ3n) is 1.70. The van der Waals surface area contributed by atoms with Gasteiger partial charge in [0.1, 0.15) is 5.50 Å². The van der Waals surface area contributed by atoms with Crippen LogP contribution in [-0.4, -0.2) is 43.2 Å². The molecule has 0 saturated carbocycles. The van der Waals surface area contributed by atoms with Crippen LogP contribution in [0.5, 0.6) is 0 Å². The molecule has 1 aliphatic rings. The van der Waals surface area contributed by atoms with Crippen LogP contribution in [0.1, 0.15) is 0 Å². The molecule has 0 bridgehead atoms. The van der Waals surface area contributed by atoms with Crippen molar-refractivity contribution in [2.75, 3.05) is 32.8 Å². The third kappa shape index (κ3) is 3.35. The van der Waals surface area contributed by atoms with Gasteiger partial charge in [0.25, 0.3) is 0 Å². The zero-order valence-electron chi connectivity index (χ0n) is 6.42. The van der Waals surface area contributed by atoms with Gasteiger partial charge in [-0.1, -0.05) is 0 Å². The van der Waals surface area contributed by atoms with Crippen LogP contribution in [0.3, 0.4) is 0 Å². The Morgan fingerprint density at radius 1 is 1.55 bits per heavy atom. The summed E-state index contributed by atoms with van der Waals surface area (Å²) in [7, 11) is 0. The Kier molecular flexibility index (Phi) is 4.11. The van der Waals surface area contributed by atoms with Crippen LogP contribution in [0.15, 0.2) is 0 Å². The summed E-state index contributed by atoms with van der Waals surface area (Å²) < 4.78 is 5.18. The molecule has 4 nitrogen and oxygen atoms in total. The summed E-state index contributed by atoms with van der Waals surface area (Å²) in [6, 6.07) is 0. The molecule has 0 aromatic rings. The predicted molar refractivity (Wildman–Crippen MR) is 44.2 cm³/mol. The molecule has 1 rings (SSSR count). The Bertz CT molecular complexity index is 108. The lowest BCUT2D eigenvalue weighted by molar-refractivity contribution is 0.0369. The van der Waals surface area contributed by atoms with Crippen molar-refractivity contribution in [3.8, 4) is 0 Å². The fourth-order valence-corrected chi connectivity index (χ4v) is 1.26. The molecule has 0 aliphatic carbocycles. The van der Waals surface area contributed by atoms with E-state index in [1.807, 2.05) is 0 Å². The van der Waals surface area contributed by atoms with E-state index in [1.54, 1.807) is 0 Å². The molecule has 66 valence electrons. The summed E-state index contributed by atoms with van der Waals surface area (Å²) in [6.45, 7) is 4.28. The van der Waals surface area contributed by atoms with Gasteiger partial charge in [0.2, 0.25) is 0 Å². The smallest absolute Gasteiger partial charge is 0.107 e. The standard InChI is InChI=1S/C6H14ClN3O/c7-6(9-8)5-10-1-3-11-4-2-10/h6,9H,1-5,8H2. The lowest BCUT2D eigenvalue weighted by atomic mass is 10.4. The van der Waals surface area contributed by atoms with Gasteiger partial charge in [-0.15, -0.1) is 11.6 Å². The van der Waals surface area contributed by atoms with Crippen LogP contribution in [-0.2, 0) is 4.74 Å². The van der Waals surface area contributed by atoms with Crippen molar-refractivity contribution in [2.45, 2.75) is 5.50 Å². The van der Waals surface area contributed by atoms with E-state index in [2.05, 4.69) is 10.3 Å². The number of hydrogen-bond donors (Lipinski definition) is 2. The normalized spacial score (nSPS) is 23.5. The highest BCUT2D eigenvalue weighted by molar-refractivity contribution is 6.20. The van der Waals surface area contributed by atoms with Crippen molar-refractivity contribution >= 4 is 11.6 Å². The van der Waals surface area contributed by atoms with Gasteiger partial charge in [0.15, 0.2) is 0 Å². The van der Waals surface area contributed by atoms with Crippen LogP contribution < -0.4 is 11.3 Å². The van der Waals surface area contributed by atoms with Gasteiger partial charge in [0.05, 0.1) is 13.2 Å². The molecular formula is C6H14ClN3O. The average molecular weight is 180 g/mol. The van der Waals surface area contributed by atoms with Gasteiger partial charge in [0, 0.05) is 19.6 Å². The molecule has 3 N–H and O–H groups in total. The second kappa shape index (κ2) is 4.90. The first kappa shape index (κ1) is 9.22. The monoisotopic (exact) mass is 179 g/mol. The minimum atomic E-state index is -0.159. The largest absolute Gasteiger partial charge is 0.379 e. The van der Waals surface area contributed by atoms with Crippen LogP contribution >= 0.6 is 11.6 Å². The molecule has 1 atom stereocenters. The lowest BCUT2D eigenvalue weighted by Gasteiger charge is -2.27. The van der Waals surface area contributed by atoms with Crippen molar-refractivity contribution in [3.63, 3.8) is 0 Å². The van der Waals surface area contributed by atoms with Crippen LogP contribution in [0.25, 0.3) is 0 Å². The van der Waals surface area contributed by atoms with Gasteiger partial charge < -0.3 is 4.74 Å². The molecule has 0 radical (unpaired) electrons. The topological polar surface area (TPSA) is 50.5 Å². The number of hydrogen-bond acceptors (Lipinski definition) is 4. The van der Waals surface area contributed by atoms with E-state index >= 15 is 0 Å². The van der Waals surface area contributed by atoms with Gasteiger partial charge in [-0.2, -0.15) is 0 Å². The second-order valence-corrected chi connectivity index (χ2v) is 3.07. The van der Waals surface area contributed by atoms with Crippen LogP contribution in [0.2, 0.25) is 0 Å². The van der Waals surface area contributed by atoms with Gasteiger partial charge >= 0.3 is 0 Å². The van der Waals surface area contributed by atoms with E-state index in [-0.39, 0.29) is 5.50 Å². The number of morpholine rings is 1. The summed E-state index contributed by atoms with van der Waals surface area (Å²) in [5.41, 5.74) is 2.34. The number of rotatable bonds is 3. The van der Waals surface area contributed by atoms with E-state index in [1.165, 1.54) is 0 Å². The molecule has 0 aromatic heterocycles. The number of nitrogens with zero attached hydrogens (tertiary/aromatic N) is 1. The number of nitrogens with two attached hydrogens (primary N) is 1. The maximum atomic E-state index is 5.78. The number of nitrogens with one attached hydrogen (secondary N) is 1. The third-order valence-corrected chi connectivity index (χ3v) is 1.97. The fraction of sp³-hybridized carbons (Fsp3) is 1.00. The summed E-state index contributed by atoms with van der Waals surface area (Å²) >= 11 is 5.78. The Balaban J connectivity index is 2.13. The minimum Gasteiger partial charge on any atom is -0.379 e. The molecule has 11 heavy (non-hydrogen) atoms. The molecular weight excluding hydrogens is 166 g/mol. The van der Waals surface area contributed by atoms with E-state index in [9.17, 15) is 0 Å². The maximum absolute atomic E-state index is 5.78. The number of alkyl halides is 1. The lowest BCUT2D eigenvalue weighted by Crippen LogP contribution is -2.45. The highest BCUT2D eigenvalue weighted by Gasteiger charge is 2.13. The van der Waals surface area contributed by atoms with Gasteiger partial charge in [-0.05, 0) is 0 Å². The van der Waals surface area contributed by atoms with Crippen LogP contribution in [0.4, 0.5) is 0 Å². The summed E-state index contributed by atoms with van der Waals surface area (Å²) in [5.74, 6) is 5.15. The molecule has 1 unspecified atom stereocenters. The van der Waals surface area contributed by atoms with Crippen LogP contribution in [0, 0.1) is 0 Å². The van der Waals surface area contributed by atoms with Crippen molar-refractivity contribution < 1.29 is 4.74 Å². The summed E-state index contributed by atoms with van der Waals surface area (Å²) in [5, 5.41) is 0. The SMILES string of the molecule is NNC(Cl)CN1CCOCC1. The van der Waals surface area contributed by atoms with Crippen molar-refractivity contribution in [3.05, 3.63) is 0 Å². The second-order valence-electron chi connectivity index (χ2n) is 2.55. The highest BCUT2D eigenvalue weighted by atomic mass is 35.5. The first-order valence-corrected chi connectivity index (χ1v) is 4.17. The van der Waals surface area contributed by atoms with Crippen molar-refractivity contribution in [1.29, 1.82) is 0 Å². The van der Waals surface area contributed by atoms with E-state index in [0.717, 1.165) is 32.8 Å². The molecule has 0 amide bonds. The Hall–Kier alpha value is 0.130. The Labute approximate surface area is 71.6 Å². The molecule has 1 aliphatic heterocycles. The predicted octanol–water partition coefficient (Wildman–Crippen LogP) is -0.653. The molecule has 0 aromatic carbocycles. The van der Waals surface area contributed by atoms with Crippen molar-refractivity contribution in [1.82, 2.24) is 10.3 Å². The molecule has 1 fully saturated rings. The minimum absolute atomic E-state index is 0.159. The highest BCUT2D eigenvalue weighted by Crippen LogP contribution is 1.99. The zero-order valence-corrected chi connectivity index (χ0v) is 7.18. The van der Waals surface area contributed by atoms with Crippen molar-refractivity contribution in [2.24, 2.45) is 5.84 Å². The number of ether oxygens (including phenoxy) is 1. The molecule has 0 spiro atoms. The first-order valence-electron chi connectivity index (χ1n) is 3.73. The molecule has 1 saturated heterocycles. The summed E-state index contributed by atoms with van der Waals surface area (Å²) in [6.07, 6.45) is 0. The molecule has 1 heterocycles. The Morgan fingerprint density at radius 2 is 2.18 bits per heavy atom. The average Bonchev–Trinajstić information content (AvgIpc) is 2.06. The van der Waals surface area contributed by atoms with E-state index in [0.29, 0.717) is 0 Å². The van der Waals surface area contributed by atoms with Gasteiger partial charge in [-0.3, -0.25) is 10.7 Å². The quantitative estimate of drug-likeness (QED) is 0.262. The maximum Gasteiger partial charge on any atom is 0.107 e. The zero-order chi connectivity index (χ0) is 8.10. The molecule has 5 heteroatoms.